The van der Waals surface area contributed by atoms with Crippen LogP contribution in [0.1, 0.15) is 51.7 Å². The predicted octanol–water partition coefficient (Wildman–Crippen LogP) is 3.35. The normalized spacial score (nSPS) is 13.0. The van der Waals surface area contributed by atoms with Crippen LogP contribution in [0.15, 0.2) is 22.8 Å². The van der Waals surface area contributed by atoms with Gasteiger partial charge in [0.05, 0.1) is 19.0 Å². The van der Waals surface area contributed by atoms with E-state index in [-0.39, 0.29) is 0 Å². The van der Waals surface area contributed by atoms with Gasteiger partial charge in [-0.3, -0.25) is 0 Å². The van der Waals surface area contributed by atoms with Crippen LogP contribution in [0.5, 0.6) is 0 Å². The summed E-state index contributed by atoms with van der Waals surface area (Å²) < 4.78 is 10.5. The minimum Gasteiger partial charge on any atom is -0.467 e. The Morgan fingerprint density at radius 3 is 2.76 bits per heavy atom. The first-order valence-electron chi connectivity index (χ1n) is 8.17. The summed E-state index contributed by atoms with van der Waals surface area (Å²) in [6.07, 6.45) is 7.59. The van der Waals surface area contributed by atoms with E-state index >= 15 is 0 Å². The van der Waals surface area contributed by atoms with Crippen molar-refractivity contribution in [1.29, 1.82) is 0 Å². The molecule has 0 aliphatic rings. The van der Waals surface area contributed by atoms with Crippen LogP contribution in [-0.4, -0.2) is 30.9 Å². The van der Waals surface area contributed by atoms with Crippen LogP contribution in [-0.2, 0) is 11.3 Å². The largest absolute Gasteiger partial charge is 0.467 e. The van der Waals surface area contributed by atoms with E-state index in [2.05, 4.69) is 19.2 Å². The Kier molecular flexibility index (Phi) is 10.2. The zero-order valence-corrected chi connectivity index (χ0v) is 13.5. The van der Waals surface area contributed by atoms with Gasteiger partial charge in [0.25, 0.3) is 0 Å². The second-order valence-corrected chi connectivity index (χ2v) is 6.05. The fraction of sp³-hybridized carbons (Fsp3) is 0.765. The van der Waals surface area contributed by atoms with E-state index in [0.29, 0.717) is 19.8 Å². The van der Waals surface area contributed by atoms with Crippen molar-refractivity contribution in [3.63, 3.8) is 0 Å². The van der Waals surface area contributed by atoms with E-state index < -0.39 is 6.10 Å². The molecule has 0 spiro atoms. The lowest BCUT2D eigenvalue weighted by Crippen LogP contribution is -2.30. The van der Waals surface area contributed by atoms with Crippen molar-refractivity contribution in [2.45, 2.75) is 58.7 Å². The topological polar surface area (TPSA) is 54.6 Å². The average molecular weight is 297 g/mol. The summed E-state index contributed by atoms with van der Waals surface area (Å²) in [6, 6.07) is 3.70. The summed E-state index contributed by atoms with van der Waals surface area (Å²) in [7, 11) is 0. The van der Waals surface area contributed by atoms with E-state index in [0.717, 1.165) is 18.2 Å². The number of unbranched alkanes of at least 4 members (excludes halogenated alkanes) is 3. The SMILES string of the molecule is CC(C)CCCCCCNCC(O)COCc1ccco1. The van der Waals surface area contributed by atoms with Gasteiger partial charge in [0.15, 0.2) is 0 Å². The standard InChI is InChI=1S/C17H31NO3/c1-15(2)8-5-3-4-6-10-18-12-16(19)13-20-14-17-9-7-11-21-17/h7,9,11,15-16,18-19H,3-6,8,10,12-14H2,1-2H3. The molecule has 122 valence electrons. The van der Waals surface area contributed by atoms with Gasteiger partial charge in [-0.15, -0.1) is 0 Å². The summed E-state index contributed by atoms with van der Waals surface area (Å²) >= 11 is 0. The minimum atomic E-state index is -0.457. The van der Waals surface area contributed by atoms with Crippen molar-refractivity contribution in [2.75, 3.05) is 19.7 Å². The van der Waals surface area contributed by atoms with Crippen LogP contribution in [0, 0.1) is 5.92 Å². The van der Waals surface area contributed by atoms with Crippen molar-refractivity contribution >= 4 is 0 Å². The molecule has 0 aliphatic heterocycles. The number of ether oxygens (including phenoxy) is 1. The van der Waals surface area contributed by atoms with Gasteiger partial charge in [0.2, 0.25) is 0 Å². The Balaban J connectivity index is 1.83. The molecule has 1 rings (SSSR count). The molecule has 0 saturated carbocycles. The van der Waals surface area contributed by atoms with E-state index in [4.69, 9.17) is 9.15 Å². The van der Waals surface area contributed by atoms with Crippen molar-refractivity contribution in [2.24, 2.45) is 5.92 Å². The van der Waals surface area contributed by atoms with E-state index in [1.54, 1.807) is 6.26 Å². The number of furan rings is 1. The van der Waals surface area contributed by atoms with Crippen LogP contribution in [0.4, 0.5) is 0 Å². The van der Waals surface area contributed by atoms with Crippen molar-refractivity contribution < 1.29 is 14.3 Å². The van der Waals surface area contributed by atoms with Gasteiger partial charge in [-0.1, -0.05) is 39.5 Å². The molecule has 0 fully saturated rings. The molecule has 0 bridgehead atoms. The van der Waals surface area contributed by atoms with Gasteiger partial charge in [-0.05, 0) is 31.0 Å². The Morgan fingerprint density at radius 2 is 2.05 bits per heavy atom. The monoisotopic (exact) mass is 297 g/mol. The molecular weight excluding hydrogens is 266 g/mol. The van der Waals surface area contributed by atoms with Gasteiger partial charge < -0.3 is 19.6 Å². The molecule has 1 unspecified atom stereocenters. The molecule has 0 aliphatic carbocycles. The van der Waals surface area contributed by atoms with Crippen molar-refractivity contribution in [3.8, 4) is 0 Å². The zero-order chi connectivity index (χ0) is 15.3. The highest BCUT2D eigenvalue weighted by Crippen LogP contribution is 2.08. The lowest BCUT2D eigenvalue weighted by atomic mass is 10.0. The molecule has 4 heteroatoms. The van der Waals surface area contributed by atoms with Crippen molar-refractivity contribution in [1.82, 2.24) is 5.32 Å². The van der Waals surface area contributed by atoms with Gasteiger partial charge in [0.1, 0.15) is 12.4 Å². The summed E-state index contributed by atoms with van der Waals surface area (Å²) in [4.78, 5) is 0. The fourth-order valence-corrected chi connectivity index (χ4v) is 2.17. The van der Waals surface area contributed by atoms with E-state index in [9.17, 15) is 5.11 Å². The second kappa shape index (κ2) is 11.8. The highest BCUT2D eigenvalue weighted by Gasteiger charge is 2.04. The Labute approximate surface area is 128 Å². The maximum Gasteiger partial charge on any atom is 0.129 e. The lowest BCUT2D eigenvalue weighted by molar-refractivity contribution is 0.0227. The van der Waals surface area contributed by atoms with Gasteiger partial charge in [-0.2, -0.15) is 0 Å². The molecule has 1 atom stereocenters. The zero-order valence-electron chi connectivity index (χ0n) is 13.5. The van der Waals surface area contributed by atoms with Crippen LogP contribution < -0.4 is 5.32 Å². The van der Waals surface area contributed by atoms with E-state index in [1.165, 1.54) is 32.1 Å². The number of aliphatic hydroxyl groups is 1. The van der Waals surface area contributed by atoms with Crippen LogP contribution in [0.3, 0.4) is 0 Å². The molecule has 4 nitrogen and oxygen atoms in total. The molecule has 0 radical (unpaired) electrons. The van der Waals surface area contributed by atoms with Crippen LogP contribution in [0.2, 0.25) is 0 Å². The molecule has 0 amide bonds. The maximum absolute atomic E-state index is 9.76. The summed E-state index contributed by atoms with van der Waals surface area (Å²) in [5, 5.41) is 13.0. The minimum absolute atomic E-state index is 0.335. The van der Waals surface area contributed by atoms with Gasteiger partial charge >= 0.3 is 0 Å². The smallest absolute Gasteiger partial charge is 0.129 e. The van der Waals surface area contributed by atoms with Crippen molar-refractivity contribution in [3.05, 3.63) is 24.2 Å². The summed E-state index contributed by atoms with van der Waals surface area (Å²) in [5.41, 5.74) is 0. The Morgan fingerprint density at radius 1 is 1.24 bits per heavy atom. The van der Waals surface area contributed by atoms with Crippen LogP contribution in [0.25, 0.3) is 0 Å². The summed E-state index contributed by atoms with van der Waals surface area (Å²) in [5.74, 6) is 1.61. The molecule has 1 aromatic heterocycles. The lowest BCUT2D eigenvalue weighted by Gasteiger charge is -2.12. The highest BCUT2D eigenvalue weighted by atomic mass is 16.5. The molecular formula is C17H31NO3. The fourth-order valence-electron chi connectivity index (χ4n) is 2.17. The number of aliphatic hydroxyl groups excluding tert-OH is 1. The number of rotatable bonds is 13. The first kappa shape index (κ1) is 18.2. The Hall–Kier alpha value is -0.840. The van der Waals surface area contributed by atoms with Gasteiger partial charge in [-0.25, -0.2) is 0 Å². The molecule has 0 saturated heterocycles. The first-order chi connectivity index (χ1) is 10.2. The summed E-state index contributed by atoms with van der Waals surface area (Å²) in [6.45, 7) is 6.86. The molecule has 1 heterocycles. The predicted molar refractivity (Wildman–Crippen MR) is 85.2 cm³/mol. The highest BCUT2D eigenvalue weighted by molar-refractivity contribution is 4.96. The number of hydrogen-bond acceptors (Lipinski definition) is 4. The Bertz CT molecular complexity index is 325. The average Bonchev–Trinajstić information content (AvgIpc) is 2.94. The second-order valence-electron chi connectivity index (χ2n) is 6.05. The molecule has 0 aromatic carbocycles. The van der Waals surface area contributed by atoms with Crippen LogP contribution >= 0.6 is 0 Å². The third kappa shape index (κ3) is 10.5. The number of nitrogens with one attached hydrogen (secondary N) is 1. The number of hydrogen-bond donors (Lipinski definition) is 2. The molecule has 1 aromatic rings. The third-order valence-electron chi connectivity index (χ3n) is 3.40. The van der Waals surface area contributed by atoms with Gasteiger partial charge in [0, 0.05) is 6.54 Å². The van der Waals surface area contributed by atoms with E-state index in [1.807, 2.05) is 12.1 Å². The quantitative estimate of drug-likeness (QED) is 0.548. The molecule has 21 heavy (non-hydrogen) atoms. The molecule has 2 N–H and O–H groups in total. The first-order valence-corrected chi connectivity index (χ1v) is 8.17. The maximum atomic E-state index is 9.76. The third-order valence-corrected chi connectivity index (χ3v) is 3.40.